The third kappa shape index (κ3) is 1.59. The Morgan fingerprint density at radius 1 is 1.27 bits per heavy atom. The lowest BCUT2D eigenvalue weighted by atomic mass is 10.3. The lowest BCUT2D eigenvalue weighted by Gasteiger charge is -2.01. The Balaban J connectivity index is 2.81. The molecule has 0 fully saturated rings. The summed E-state index contributed by atoms with van der Waals surface area (Å²) in [4.78, 5) is 8.68. The molecule has 2 aromatic heterocycles. The fraction of sp³-hybridized carbons (Fsp3) is 0.500. The molecule has 0 saturated heterocycles. The Morgan fingerprint density at radius 2 is 2.00 bits per heavy atom. The second-order valence-electron chi connectivity index (χ2n) is 3.38. The Labute approximate surface area is 93.3 Å². The van der Waals surface area contributed by atoms with Crippen LogP contribution in [0.2, 0.25) is 5.15 Å². The van der Waals surface area contributed by atoms with Crippen molar-refractivity contribution < 1.29 is 0 Å². The molecule has 0 saturated carbocycles. The number of rotatable bonds is 2. The van der Waals surface area contributed by atoms with Crippen molar-refractivity contribution in [3.63, 3.8) is 0 Å². The van der Waals surface area contributed by atoms with Gasteiger partial charge >= 0.3 is 0 Å². The number of hydrogen-bond acceptors (Lipinski definition) is 3. The predicted octanol–water partition coefficient (Wildman–Crippen LogP) is 2.37. The van der Waals surface area contributed by atoms with Crippen molar-refractivity contribution in [2.75, 3.05) is 0 Å². The first kappa shape index (κ1) is 10.4. The molecule has 0 amide bonds. The van der Waals surface area contributed by atoms with Gasteiger partial charge in [-0.15, -0.1) is 0 Å². The third-order valence-corrected chi connectivity index (χ3v) is 2.64. The lowest BCUT2D eigenvalue weighted by Crippen LogP contribution is -1.99. The molecule has 0 aliphatic rings. The Kier molecular flexibility index (Phi) is 2.61. The van der Waals surface area contributed by atoms with E-state index in [4.69, 9.17) is 11.6 Å². The molecule has 0 radical (unpaired) electrons. The zero-order chi connectivity index (χ0) is 11.0. The third-order valence-electron chi connectivity index (χ3n) is 2.38. The van der Waals surface area contributed by atoms with Gasteiger partial charge < -0.3 is 0 Å². The first-order chi connectivity index (χ1) is 7.17. The van der Waals surface area contributed by atoms with Crippen LogP contribution in [0.15, 0.2) is 0 Å². The van der Waals surface area contributed by atoms with Crippen LogP contribution in [0.25, 0.3) is 11.0 Å². The number of fused-ring (bicyclic) bond motifs is 1. The first-order valence-corrected chi connectivity index (χ1v) is 5.44. The van der Waals surface area contributed by atoms with E-state index >= 15 is 0 Å². The molecule has 2 aromatic rings. The number of aromatic nitrogens is 4. The maximum absolute atomic E-state index is 6.13. The smallest absolute Gasteiger partial charge is 0.158 e. The van der Waals surface area contributed by atoms with Crippen molar-refractivity contribution in [2.45, 2.75) is 33.7 Å². The molecular formula is C10H13ClN4. The monoisotopic (exact) mass is 224 g/mol. The second-order valence-corrected chi connectivity index (χ2v) is 3.74. The summed E-state index contributed by atoms with van der Waals surface area (Å²) in [6.45, 7) is 6.75. The van der Waals surface area contributed by atoms with E-state index in [1.807, 2.05) is 25.5 Å². The minimum atomic E-state index is 0.499. The molecule has 5 heteroatoms. The van der Waals surface area contributed by atoms with Crippen LogP contribution < -0.4 is 0 Å². The highest BCUT2D eigenvalue weighted by atomic mass is 35.5. The van der Waals surface area contributed by atoms with Crippen molar-refractivity contribution in [1.29, 1.82) is 0 Å². The molecule has 0 aliphatic carbocycles. The molecule has 0 aromatic carbocycles. The van der Waals surface area contributed by atoms with Crippen molar-refractivity contribution in [1.82, 2.24) is 19.7 Å². The average Bonchev–Trinajstić information content (AvgIpc) is 2.56. The Bertz CT molecular complexity index is 504. The molecule has 0 N–H and O–H groups in total. The average molecular weight is 225 g/mol. The molecule has 2 heterocycles. The maximum Gasteiger partial charge on any atom is 0.158 e. The van der Waals surface area contributed by atoms with Crippen LogP contribution in [0, 0.1) is 6.92 Å². The van der Waals surface area contributed by atoms with Crippen LogP contribution in [-0.2, 0) is 13.0 Å². The lowest BCUT2D eigenvalue weighted by molar-refractivity contribution is 0.675. The first-order valence-electron chi connectivity index (χ1n) is 5.06. The summed E-state index contributed by atoms with van der Waals surface area (Å²) in [6, 6.07) is 0. The van der Waals surface area contributed by atoms with Gasteiger partial charge in [0.15, 0.2) is 5.15 Å². The van der Waals surface area contributed by atoms with Crippen LogP contribution in [-0.4, -0.2) is 19.7 Å². The van der Waals surface area contributed by atoms with E-state index in [-0.39, 0.29) is 0 Å². The zero-order valence-corrected chi connectivity index (χ0v) is 9.84. The summed E-state index contributed by atoms with van der Waals surface area (Å²) in [5.41, 5.74) is 2.62. The maximum atomic E-state index is 6.13. The normalized spacial score (nSPS) is 11.2. The summed E-state index contributed by atoms with van der Waals surface area (Å²) in [5.74, 6) is 0.770. The van der Waals surface area contributed by atoms with Crippen LogP contribution in [0.3, 0.4) is 0 Å². The highest BCUT2D eigenvalue weighted by Gasteiger charge is 2.13. The minimum absolute atomic E-state index is 0.499. The largest absolute Gasteiger partial charge is 0.260 e. The SMILES string of the molecule is CCc1nc(Cl)c2c(n1)c(C)nn2CC. The molecular weight excluding hydrogens is 212 g/mol. The molecule has 2 rings (SSSR count). The van der Waals surface area contributed by atoms with Gasteiger partial charge in [-0.3, -0.25) is 4.68 Å². The van der Waals surface area contributed by atoms with Crippen molar-refractivity contribution >= 4 is 22.6 Å². The van der Waals surface area contributed by atoms with Gasteiger partial charge in [-0.05, 0) is 13.8 Å². The summed E-state index contributed by atoms with van der Waals surface area (Å²) in [7, 11) is 0. The fourth-order valence-electron chi connectivity index (χ4n) is 1.62. The molecule has 15 heavy (non-hydrogen) atoms. The topological polar surface area (TPSA) is 43.6 Å². The van der Waals surface area contributed by atoms with E-state index in [9.17, 15) is 0 Å². The van der Waals surface area contributed by atoms with Crippen molar-refractivity contribution in [3.8, 4) is 0 Å². The van der Waals surface area contributed by atoms with E-state index in [2.05, 4.69) is 15.1 Å². The molecule has 80 valence electrons. The second kappa shape index (κ2) is 3.77. The summed E-state index contributed by atoms with van der Waals surface area (Å²) in [5, 5.41) is 4.87. The van der Waals surface area contributed by atoms with Gasteiger partial charge in [0.2, 0.25) is 0 Å². The van der Waals surface area contributed by atoms with E-state index in [0.29, 0.717) is 5.15 Å². The number of halogens is 1. The number of aryl methyl sites for hydroxylation is 3. The van der Waals surface area contributed by atoms with E-state index in [1.165, 1.54) is 0 Å². The zero-order valence-electron chi connectivity index (χ0n) is 9.08. The van der Waals surface area contributed by atoms with Crippen LogP contribution in [0.5, 0.6) is 0 Å². The summed E-state index contributed by atoms with van der Waals surface area (Å²) >= 11 is 6.13. The Morgan fingerprint density at radius 3 is 2.60 bits per heavy atom. The van der Waals surface area contributed by atoms with Crippen molar-refractivity contribution in [3.05, 3.63) is 16.7 Å². The van der Waals surface area contributed by atoms with Crippen LogP contribution in [0.4, 0.5) is 0 Å². The highest BCUT2D eigenvalue weighted by molar-refractivity contribution is 6.33. The standard InChI is InChI=1S/C10H13ClN4/c1-4-7-12-8-6(3)14-15(5-2)9(8)10(11)13-7/h4-5H2,1-3H3. The predicted molar refractivity (Wildman–Crippen MR) is 60.1 cm³/mol. The number of nitrogens with zero attached hydrogens (tertiary/aromatic N) is 4. The molecule has 0 spiro atoms. The van der Waals surface area contributed by atoms with Gasteiger partial charge in [0.25, 0.3) is 0 Å². The number of hydrogen-bond donors (Lipinski definition) is 0. The molecule has 0 atom stereocenters. The van der Waals surface area contributed by atoms with Crippen LogP contribution in [0.1, 0.15) is 25.4 Å². The minimum Gasteiger partial charge on any atom is -0.260 e. The summed E-state index contributed by atoms with van der Waals surface area (Å²) in [6.07, 6.45) is 0.784. The molecule has 0 unspecified atom stereocenters. The van der Waals surface area contributed by atoms with Gasteiger partial charge in [-0.2, -0.15) is 5.10 Å². The fourth-order valence-corrected chi connectivity index (χ4v) is 1.90. The Hall–Kier alpha value is -1.16. The molecule has 0 aliphatic heterocycles. The van der Waals surface area contributed by atoms with Gasteiger partial charge in [0, 0.05) is 13.0 Å². The van der Waals surface area contributed by atoms with Gasteiger partial charge in [-0.1, -0.05) is 18.5 Å². The van der Waals surface area contributed by atoms with Gasteiger partial charge in [-0.25, -0.2) is 9.97 Å². The molecule has 0 bridgehead atoms. The van der Waals surface area contributed by atoms with Crippen molar-refractivity contribution in [2.24, 2.45) is 0 Å². The van der Waals surface area contributed by atoms with Gasteiger partial charge in [0.05, 0.1) is 5.69 Å². The summed E-state index contributed by atoms with van der Waals surface area (Å²) < 4.78 is 1.84. The van der Waals surface area contributed by atoms with E-state index in [1.54, 1.807) is 0 Å². The van der Waals surface area contributed by atoms with Gasteiger partial charge in [0.1, 0.15) is 16.9 Å². The quantitative estimate of drug-likeness (QED) is 0.736. The van der Waals surface area contributed by atoms with E-state index < -0.39 is 0 Å². The molecule has 4 nitrogen and oxygen atoms in total. The van der Waals surface area contributed by atoms with E-state index in [0.717, 1.165) is 35.5 Å². The highest BCUT2D eigenvalue weighted by Crippen LogP contribution is 2.22. The van der Waals surface area contributed by atoms with Crippen LogP contribution >= 0.6 is 11.6 Å².